The van der Waals surface area contributed by atoms with Crippen molar-refractivity contribution >= 4 is 6.08 Å². The summed E-state index contributed by atoms with van der Waals surface area (Å²) >= 11 is 0. The minimum atomic E-state index is 0.224. The third kappa shape index (κ3) is 3.03. The van der Waals surface area contributed by atoms with Crippen LogP contribution >= 0.6 is 0 Å². The maximum absolute atomic E-state index is 8.61. The van der Waals surface area contributed by atoms with Gasteiger partial charge in [0.15, 0.2) is 0 Å². The highest BCUT2D eigenvalue weighted by Crippen LogP contribution is 2.12. The molecule has 0 radical (unpaired) electrons. The second kappa shape index (κ2) is 4.83. The molecule has 13 heavy (non-hydrogen) atoms. The van der Waals surface area contributed by atoms with Crippen molar-refractivity contribution < 1.29 is 5.11 Å². The second-order valence-corrected chi connectivity index (χ2v) is 3.27. The molecular formula is C12H16O. The van der Waals surface area contributed by atoms with Crippen LogP contribution in [-0.2, 0) is 0 Å². The van der Waals surface area contributed by atoms with Crippen LogP contribution in [0.3, 0.4) is 0 Å². The summed E-state index contributed by atoms with van der Waals surface area (Å²) in [4.78, 5) is 0. The summed E-state index contributed by atoms with van der Waals surface area (Å²) < 4.78 is 0. The van der Waals surface area contributed by atoms with Gasteiger partial charge < -0.3 is 5.11 Å². The highest BCUT2D eigenvalue weighted by atomic mass is 16.2. The number of aliphatic hydroxyl groups is 1. The largest absolute Gasteiger partial charge is 0.396 e. The molecule has 0 saturated heterocycles. The van der Waals surface area contributed by atoms with Gasteiger partial charge in [0.2, 0.25) is 0 Å². The molecule has 70 valence electrons. The van der Waals surface area contributed by atoms with Crippen LogP contribution in [0.15, 0.2) is 24.3 Å². The molecule has 0 amide bonds. The maximum atomic E-state index is 8.61. The van der Waals surface area contributed by atoms with E-state index in [4.69, 9.17) is 5.11 Å². The Kier molecular flexibility index (Phi) is 3.71. The number of hydrogen-bond acceptors (Lipinski definition) is 1. The van der Waals surface area contributed by atoms with Crippen molar-refractivity contribution in [3.05, 3.63) is 41.0 Å². The van der Waals surface area contributed by atoms with E-state index >= 15 is 0 Å². The Morgan fingerprint density at radius 2 is 2.08 bits per heavy atom. The summed E-state index contributed by atoms with van der Waals surface area (Å²) in [6, 6.07) is 6.38. The van der Waals surface area contributed by atoms with Gasteiger partial charge in [-0.2, -0.15) is 0 Å². The van der Waals surface area contributed by atoms with E-state index in [2.05, 4.69) is 38.1 Å². The van der Waals surface area contributed by atoms with Gasteiger partial charge >= 0.3 is 0 Å². The topological polar surface area (TPSA) is 20.2 Å². The summed E-state index contributed by atoms with van der Waals surface area (Å²) in [7, 11) is 0. The number of aryl methyl sites for hydroxylation is 2. The number of hydrogen-bond donors (Lipinski definition) is 1. The minimum absolute atomic E-state index is 0.224. The molecule has 0 aliphatic carbocycles. The average Bonchev–Trinajstić information content (AvgIpc) is 2.09. The SMILES string of the molecule is Cc1ccc(C=CCCO)c(C)c1. The number of benzene rings is 1. The van der Waals surface area contributed by atoms with Crippen LogP contribution in [0.25, 0.3) is 6.08 Å². The lowest BCUT2D eigenvalue weighted by atomic mass is 10.1. The summed E-state index contributed by atoms with van der Waals surface area (Å²) in [6.45, 7) is 4.42. The molecule has 0 atom stereocenters. The molecule has 0 aliphatic heterocycles. The Labute approximate surface area is 79.7 Å². The van der Waals surface area contributed by atoms with E-state index in [1.165, 1.54) is 16.7 Å². The standard InChI is InChI=1S/C12H16O/c1-10-6-7-12(11(2)9-10)5-3-4-8-13/h3,5-7,9,13H,4,8H2,1-2H3. The molecule has 0 heterocycles. The Hall–Kier alpha value is -1.08. The lowest BCUT2D eigenvalue weighted by molar-refractivity contribution is 0.303. The molecule has 0 fully saturated rings. The van der Waals surface area contributed by atoms with Gasteiger partial charge in [0, 0.05) is 6.61 Å². The molecular weight excluding hydrogens is 160 g/mol. The predicted molar refractivity (Wildman–Crippen MR) is 56.7 cm³/mol. The first-order valence-corrected chi connectivity index (χ1v) is 4.58. The fourth-order valence-corrected chi connectivity index (χ4v) is 1.30. The van der Waals surface area contributed by atoms with E-state index in [1.54, 1.807) is 0 Å². The molecule has 1 rings (SSSR count). The Balaban J connectivity index is 2.77. The van der Waals surface area contributed by atoms with Crippen LogP contribution in [0.5, 0.6) is 0 Å². The van der Waals surface area contributed by atoms with Crippen molar-refractivity contribution in [2.45, 2.75) is 20.3 Å². The van der Waals surface area contributed by atoms with Gasteiger partial charge in [-0.25, -0.2) is 0 Å². The molecule has 0 unspecified atom stereocenters. The van der Waals surface area contributed by atoms with Gasteiger partial charge in [0.25, 0.3) is 0 Å². The van der Waals surface area contributed by atoms with Crippen molar-refractivity contribution in [1.29, 1.82) is 0 Å². The lowest BCUT2D eigenvalue weighted by Gasteiger charge is -2.00. The normalized spacial score (nSPS) is 11.0. The monoisotopic (exact) mass is 176 g/mol. The Bertz CT molecular complexity index is 300. The van der Waals surface area contributed by atoms with E-state index in [1.807, 2.05) is 6.08 Å². The molecule has 1 heteroatoms. The Morgan fingerprint density at radius 1 is 1.31 bits per heavy atom. The van der Waals surface area contributed by atoms with Crippen LogP contribution in [-0.4, -0.2) is 11.7 Å². The molecule has 0 bridgehead atoms. The average molecular weight is 176 g/mol. The predicted octanol–water partition coefficient (Wildman–Crippen LogP) is 2.70. The first-order chi connectivity index (χ1) is 6.24. The number of aliphatic hydroxyl groups excluding tert-OH is 1. The minimum Gasteiger partial charge on any atom is -0.396 e. The molecule has 1 aromatic carbocycles. The molecule has 1 aromatic rings. The van der Waals surface area contributed by atoms with E-state index in [9.17, 15) is 0 Å². The molecule has 0 aliphatic rings. The van der Waals surface area contributed by atoms with Crippen molar-refractivity contribution in [3.8, 4) is 0 Å². The van der Waals surface area contributed by atoms with Gasteiger partial charge in [-0.15, -0.1) is 0 Å². The third-order valence-corrected chi connectivity index (χ3v) is 2.02. The summed E-state index contributed by atoms with van der Waals surface area (Å²) in [6.07, 6.45) is 4.79. The third-order valence-electron chi connectivity index (χ3n) is 2.02. The molecule has 0 saturated carbocycles. The van der Waals surface area contributed by atoms with Gasteiger partial charge in [0.05, 0.1) is 0 Å². The smallest absolute Gasteiger partial charge is 0.0465 e. The van der Waals surface area contributed by atoms with E-state index in [-0.39, 0.29) is 6.61 Å². The Morgan fingerprint density at radius 3 is 2.69 bits per heavy atom. The first-order valence-electron chi connectivity index (χ1n) is 4.58. The highest BCUT2D eigenvalue weighted by Gasteiger charge is 1.92. The zero-order valence-electron chi connectivity index (χ0n) is 8.25. The summed E-state index contributed by atoms with van der Waals surface area (Å²) in [5.41, 5.74) is 3.81. The number of rotatable bonds is 3. The summed E-state index contributed by atoms with van der Waals surface area (Å²) in [5.74, 6) is 0. The fraction of sp³-hybridized carbons (Fsp3) is 0.333. The van der Waals surface area contributed by atoms with Crippen molar-refractivity contribution in [3.63, 3.8) is 0 Å². The molecule has 1 N–H and O–H groups in total. The van der Waals surface area contributed by atoms with Gasteiger partial charge in [-0.3, -0.25) is 0 Å². The van der Waals surface area contributed by atoms with Crippen molar-refractivity contribution in [2.75, 3.05) is 6.61 Å². The van der Waals surface area contributed by atoms with Gasteiger partial charge in [-0.1, -0.05) is 35.9 Å². The zero-order valence-corrected chi connectivity index (χ0v) is 8.25. The molecule has 0 spiro atoms. The first kappa shape index (κ1) is 10.0. The fourth-order valence-electron chi connectivity index (χ4n) is 1.30. The van der Waals surface area contributed by atoms with Crippen LogP contribution < -0.4 is 0 Å². The van der Waals surface area contributed by atoms with Crippen LogP contribution in [0.4, 0.5) is 0 Å². The van der Waals surface area contributed by atoms with E-state index < -0.39 is 0 Å². The lowest BCUT2D eigenvalue weighted by Crippen LogP contribution is -1.82. The van der Waals surface area contributed by atoms with Crippen molar-refractivity contribution in [1.82, 2.24) is 0 Å². The zero-order chi connectivity index (χ0) is 9.68. The van der Waals surface area contributed by atoms with Crippen LogP contribution in [0.2, 0.25) is 0 Å². The quantitative estimate of drug-likeness (QED) is 0.750. The van der Waals surface area contributed by atoms with E-state index in [0.29, 0.717) is 0 Å². The van der Waals surface area contributed by atoms with Crippen LogP contribution in [0.1, 0.15) is 23.1 Å². The van der Waals surface area contributed by atoms with Crippen LogP contribution in [0, 0.1) is 13.8 Å². The van der Waals surface area contributed by atoms with E-state index in [0.717, 1.165) is 6.42 Å². The maximum Gasteiger partial charge on any atom is 0.0465 e. The van der Waals surface area contributed by atoms with Crippen molar-refractivity contribution in [2.24, 2.45) is 0 Å². The molecule has 0 aromatic heterocycles. The van der Waals surface area contributed by atoms with Gasteiger partial charge in [-0.05, 0) is 31.4 Å². The second-order valence-electron chi connectivity index (χ2n) is 3.27. The molecule has 1 nitrogen and oxygen atoms in total. The highest BCUT2D eigenvalue weighted by molar-refractivity contribution is 5.54. The van der Waals surface area contributed by atoms with Gasteiger partial charge in [0.1, 0.15) is 0 Å². The summed E-state index contributed by atoms with van der Waals surface area (Å²) in [5, 5.41) is 8.61.